The van der Waals surface area contributed by atoms with E-state index in [0.717, 1.165) is 42.5 Å². The van der Waals surface area contributed by atoms with Crippen LogP contribution < -0.4 is 5.73 Å². The number of nitrogens with two attached hydrogens (primary N) is 1. The van der Waals surface area contributed by atoms with E-state index < -0.39 is 0 Å². The van der Waals surface area contributed by atoms with Crippen LogP contribution in [-0.2, 0) is 0 Å². The molecular weight excluding hydrogens is 278 g/mol. The first kappa shape index (κ1) is 16.0. The summed E-state index contributed by atoms with van der Waals surface area (Å²) in [5, 5.41) is 3.07. The Morgan fingerprint density at radius 2 is 1.81 bits per heavy atom. The van der Waals surface area contributed by atoms with Crippen LogP contribution >= 0.6 is 11.8 Å². The van der Waals surface area contributed by atoms with Gasteiger partial charge in [0.05, 0.1) is 5.03 Å². The summed E-state index contributed by atoms with van der Waals surface area (Å²) in [6, 6.07) is 10.7. The van der Waals surface area contributed by atoms with Crippen molar-refractivity contribution in [3.8, 4) is 0 Å². The molecule has 4 heteroatoms. The summed E-state index contributed by atoms with van der Waals surface area (Å²) >= 11 is 1.62. The molecule has 0 spiro atoms. The van der Waals surface area contributed by atoms with Crippen LogP contribution in [0.25, 0.3) is 5.70 Å². The highest BCUT2D eigenvalue weighted by molar-refractivity contribution is 8.05. The summed E-state index contributed by atoms with van der Waals surface area (Å²) < 4.78 is 0. The van der Waals surface area contributed by atoms with Crippen molar-refractivity contribution in [2.75, 3.05) is 26.2 Å². The minimum absolute atomic E-state index is 0.627. The Bertz CT molecular complexity index is 488. The van der Waals surface area contributed by atoms with Gasteiger partial charge in [-0.2, -0.15) is 0 Å². The largest absolute Gasteiger partial charge is 0.398 e. The van der Waals surface area contributed by atoms with Gasteiger partial charge >= 0.3 is 0 Å². The lowest BCUT2D eigenvalue weighted by Crippen LogP contribution is -2.47. The highest BCUT2D eigenvalue weighted by Crippen LogP contribution is 2.24. The third kappa shape index (κ3) is 4.55. The molecule has 2 N–H and O–H groups in total. The number of piperazine rings is 1. The normalized spacial score (nSPS) is 17.3. The van der Waals surface area contributed by atoms with E-state index in [0.29, 0.717) is 6.04 Å². The molecule has 0 aromatic heterocycles. The zero-order chi connectivity index (χ0) is 15.2. The highest BCUT2D eigenvalue weighted by atomic mass is 32.2. The van der Waals surface area contributed by atoms with Gasteiger partial charge in [-0.05, 0) is 19.4 Å². The third-order valence-electron chi connectivity index (χ3n) is 3.83. The van der Waals surface area contributed by atoms with Crippen molar-refractivity contribution in [1.29, 1.82) is 0 Å². The molecule has 1 saturated heterocycles. The lowest BCUT2D eigenvalue weighted by atomic mass is 10.2. The van der Waals surface area contributed by atoms with Crippen molar-refractivity contribution in [3.05, 3.63) is 52.9 Å². The minimum atomic E-state index is 0.627. The van der Waals surface area contributed by atoms with Crippen LogP contribution in [-0.4, -0.2) is 42.0 Å². The van der Waals surface area contributed by atoms with Gasteiger partial charge in [0.2, 0.25) is 0 Å². The van der Waals surface area contributed by atoms with Crippen LogP contribution in [0.3, 0.4) is 0 Å². The highest BCUT2D eigenvalue weighted by Gasteiger charge is 2.19. The lowest BCUT2D eigenvalue weighted by molar-refractivity contribution is 0.136. The second-order valence-corrected chi connectivity index (χ2v) is 6.51. The van der Waals surface area contributed by atoms with Gasteiger partial charge in [-0.25, -0.2) is 0 Å². The predicted molar refractivity (Wildman–Crippen MR) is 93.6 cm³/mol. The van der Waals surface area contributed by atoms with Gasteiger partial charge in [0.25, 0.3) is 0 Å². The number of benzene rings is 1. The molecule has 1 aromatic rings. The first-order valence-corrected chi connectivity index (χ1v) is 8.31. The van der Waals surface area contributed by atoms with Gasteiger partial charge in [0.15, 0.2) is 0 Å². The molecule has 0 radical (unpaired) electrons. The van der Waals surface area contributed by atoms with E-state index in [1.165, 1.54) is 0 Å². The third-order valence-corrected chi connectivity index (χ3v) is 4.73. The summed E-state index contributed by atoms with van der Waals surface area (Å²) in [4.78, 5) is 4.85. The zero-order valence-electron chi connectivity index (χ0n) is 13.0. The standard InChI is InChI=1S/C17H25N3S/c1-14(2)19-9-11-20(12-10-19)15(3)21-13-17(18)16-7-5-4-6-8-16/h4-8,13-14H,3,9-12,18H2,1-2H3/b17-13-. The Labute approximate surface area is 132 Å². The van der Waals surface area contributed by atoms with E-state index in [-0.39, 0.29) is 0 Å². The van der Waals surface area contributed by atoms with E-state index in [9.17, 15) is 0 Å². The van der Waals surface area contributed by atoms with Crippen LogP contribution in [0, 0.1) is 0 Å². The van der Waals surface area contributed by atoms with E-state index >= 15 is 0 Å². The molecule has 0 aliphatic carbocycles. The molecule has 1 aromatic carbocycles. The summed E-state index contributed by atoms with van der Waals surface area (Å²) in [6.07, 6.45) is 0. The van der Waals surface area contributed by atoms with Gasteiger partial charge in [-0.1, -0.05) is 48.7 Å². The quantitative estimate of drug-likeness (QED) is 0.905. The molecule has 0 bridgehead atoms. The lowest BCUT2D eigenvalue weighted by Gasteiger charge is -2.38. The van der Waals surface area contributed by atoms with Gasteiger partial charge < -0.3 is 10.6 Å². The van der Waals surface area contributed by atoms with Gasteiger partial charge in [0, 0.05) is 43.3 Å². The predicted octanol–water partition coefficient (Wildman–Crippen LogP) is 3.17. The molecule has 1 fully saturated rings. The molecule has 1 aliphatic rings. The van der Waals surface area contributed by atoms with Crippen molar-refractivity contribution >= 4 is 17.5 Å². The van der Waals surface area contributed by atoms with E-state index in [2.05, 4.69) is 30.2 Å². The Hall–Kier alpha value is -1.39. The van der Waals surface area contributed by atoms with Crippen LogP contribution in [0.4, 0.5) is 0 Å². The fourth-order valence-electron chi connectivity index (χ4n) is 2.39. The second kappa shape index (κ2) is 7.57. The SMILES string of the molecule is C=C(S/C=C(\N)c1ccccc1)N1CCN(C(C)C)CC1. The van der Waals surface area contributed by atoms with Crippen molar-refractivity contribution in [2.45, 2.75) is 19.9 Å². The molecule has 1 heterocycles. The fourth-order valence-corrected chi connectivity index (χ4v) is 3.12. The van der Waals surface area contributed by atoms with Gasteiger partial charge in [0.1, 0.15) is 0 Å². The molecule has 0 saturated carbocycles. The molecule has 114 valence electrons. The summed E-state index contributed by atoms with van der Waals surface area (Å²) in [6.45, 7) is 13.0. The molecule has 3 nitrogen and oxygen atoms in total. The molecule has 21 heavy (non-hydrogen) atoms. The Balaban J connectivity index is 1.85. The van der Waals surface area contributed by atoms with E-state index in [1.54, 1.807) is 11.8 Å². The maximum atomic E-state index is 6.11. The average molecular weight is 303 g/mol. The molecule has 2 rings (SSSR count). The van der Waals surface area contributed by atoms with Crippen molar-refractivity contribution in [1.82, 2.24) is 9.80 Å². The summed E-state index contributed by atoms with van der Waals surface area (Å²) in [5.74, 6) is 0. The van der Waals surface area contributed by atoms with Crippen LogP contribution in [0.15, 0.2) is 47.3 Å². The Morgan fingerprint density at radius 1 is 1.19 bits per heavy atom. The Morgan fingerprint density at radius 3 is 2.38 bits per heavy atom. The topological polar surface area (TPSA) is 32.5 Å². The summed E-state index contributed by atoms with van der Waals surface area (Å²) in [7, 11) is 0. The maximum absolute atomic E-state index is 6.11. The molecule has 0 unspecified atom stereocenters. The maximum Gasteiger partial charge on any atom is 0.0678 e. The number of nitrogens with zero attached hydrogens (tertiary/aromatic N) is 2. The smallest absolute Gasteiger partial charge is 0.0678 e. The van der Waals surface area contributed by atoms with Gasteiger partial charge in [-0.15, -0.1) is 0 Å². The van der Waals surface area contributed by atoms with Gasteiger partial charge in [-0.3, -0.25) is 4.90 Å². The number of hydrogen-bond acceptors (Lipinski definition) is 4. The van der Waals surface area contributed by atoms with Crippen LogP contribution in [0.5, 0.6) is 0 Å². The molecule has 0 amide bonds. The van der Waals surface area contributed by atoms with Crippen LogP contribution in [0.2, 0.25) is 0 Å². The first-order valence-electron chi connectivity index (χ1n) is 7.43. The molecule has 0 atom stereocenters. The fraction of sp³-hybridized carbons (Fsp3) is 0.412. The second-order valence-electron chi connectivity index (χ2n) is 5.57. The van der Waals surface area contributed by atoms with Crippen LogP contribution in [0.1, 0.15) is 19.4 Å². The zero-order valence-corrected chi connectivity index (χ0v) is 13.8. The number of rotatable bonds is 5. The minimum Gasteiger partial charge on any atom is -0.398 e. The molecular formula is C17H25N3S. The van der Waals surface area contributed by atoms with Crippen molar-refractivity contribution in [3.63, 3.8) is 0 Å². The summed E-state index contributed by atoms with van der Waals surface area (Å²) in [5.41, 5.74) is 7.96. The van der Waals surface area contributed by atoms with E-state index in [4.69, 9.17) is 5.73 Å². The molecule has 1 aliphatic heterocycles. The monoisotopic (exact) mass is 303 g/mol. The van der Waals surface area contributed by atoms with Crippen molar-refractivity contribution < 1.29 is 0 Å². The van der Waals surface area contributed by atoms with E-state index in [1.807, 2.05) is 35.7 Å². The number of thioether (sulfide) groups is 1. The number of hydrogen-bond donors (Lipinski definition) is 1. The van der Waals surface area contributed by atoms with Crippen molar-refractivity contribution in [2.24, 2.45) is 5.73 Å². The Kier molecular flexibility index (Phi) is 5.76. The average Bonchev–Trinajstić information content (AvgIpc) is 2.53. The first-order chi connectivity index (χ1) is 10.1.